The van der Waals surface area contributed by atoms with Gasteiger partial charge in [-0.3, -0.25) is 14.6 Å². The van der Waals surface area contributed by atoms with E-state index in [1.54, 1.807) is 6.92 Å². The molecule has 1 rings (SSSR count). The Morgan fingerprint density at radius 2 is 2.44 bits per heavy atom. The Morgan fingerprint density at radius 1 is 1.78 bits per heavy atom. The maximum atomic E-state index is 10.6. The molecule has 0 aliphatic carbocycles. The lowest BCUT2D eigenvalue weighted by atomic mass is 10.5. The lowest BCUT2D eigenvalue weighted by Gasteiger charge is -2.03. The first-order chi connectivity index (χ1) is 4.25. The van der Waals surface area contributed by atoms with Crippen molar-refractivity contribution in [3.63, 3.8) is 0 Å². The van der Waals surface area contributed by atoms with E-state index in [0.29, 0.717) is 12.2 Å². The summed E-state index contributed by atoms with van der Waals surface area (Å²) in [6, 6.07) is 0. The van der Waals surface area contributed by atoms with Gasteiger partial charge in [0, 0.05) is 0 Å². The zero-order valence-corrected chi connectivity index (χ0v) is 5.00. The van der Waals surface area contributed by atoms with Crippen molar-refractivity contribution in [1.29, 1.82) is 0 Å². The first-order valence-electron chi connectivity index (χ1n) is 2.54. The van der Waals surface area contributed by atoms with Crippen LogP contribution >= 0.6 is 0 Å². The van der Waals surface area contributed by atoms with Crippen LogP contribution in [0.1, 0.15) is 6.92 Å². The highest BCUT2D eigenvalue weighted by Gasteiger charge is 2.20. The Bertz CT molecular complexity index is 185. The van der Waals surface area contributed by atoms with Gasteiger partial charge in [0.2, 0.25) is 6.41 Å². The zero-order chi connectivity index (χ0) is 6.85. The van der Waals surface area contributed by atoms with Crippen LogP contribution < -0.4 is 0 Å². The minimum absolute atomic E-state index is 0.116. The molecule has 0 aromatic carbocycles. The summed E-state index contributed by atoms with van der Waals surface area (Å²) in [5, 5.41) is 0. The molecule has 1 heterocycles. The Balaban J connectivity index is 2.79. The predicted octanol–water partition coefficient (Wildman–Crippen LogP) is -0.597. The third-order valence-corrected chi connectivity index (χ3v) is 1.17. The topological polar surface area (TPSA) is 49.7 Å². The summed E-state index contributed by atoms with van der Waals surface area (Å²) in [6.45, 7) is 1.74. The summed E-state index contributed by atoms with van der Waals surface area (Å²) >= 11 is 0. The van der Waals surface area contributed by atoms with Crippen LogP contribution in [0.5, 0.6) is 0 Å². The summed E-state index contributed by atoms with van der Waals surface area (Å²) in [4.78, 5) is 25.4. The molecule has 0 atom stereocenters. The largest absolute Gasteiger partial charge is 0.278 e. The minimum Gasteiger partial charge on any atom is -0.278 e. The molecule has 0 fully saturated rings. The van der Waals surface area contributed by atoms with Crippen LogP contribution in [0.3, 0.4) is 0 Å². The van der Waals surface area contributed by atoms with E-state index in [2.05, 4.69) is 4.99 Å². The van der Waals surface area contributed by atoms with Crippen LogP contribution in [0.2, 0.25) is 0 Å². The number of nitrogens with zero attached hydrogens (tertiary/aromatic N) is 2. The fourth-order valence-electron chi connectivity index (χ4n) is 0.650. The minimum atomic E-state index is -0.248. The molecule has 1 aliphatic heterocycles. The second kappa shape index (κ2) is 1.97. The van der Waals surface area contributed by atoms with Crippen molar-refractivity contribution in [3.05, 3.63) is 0 Å². The number of imide groups is 1. The van der Waals surface area contributed by atoms with Gasteiger partial charge in [-0.1, -0.05) is 0 Å². The van der Waals surface area contributed by atoms with E-state index < -0.39 is 0 Å². The second-order valence-electron chi connectivity index (χ2n) is 1.73. The highest BCUT2D eigenvalue weighted by atomic mass is 16.2. The predicted molar refractivity (Wildman–Crippen MR) is 30.9 cm³/mol. The van der Waals surface area contributed by atoms with E-state index in [4.69, 9.17) is 0 Å². The van der Waals surface area contributed by atoms with E-state index in [1.807, 2.05) is 0 Å². The number of rotatable bonds is 1. The summed E-state index contributed by atoms with van der Waals surface area (Å²) in [5.74, 6) is 0.234. The van der Waals surface area contributed by atoms with E-state index in [-0.39, 0.29) is 12.5 Å². The standard InChI is InChI=1S/C5H6N2O2/c1-4-6-2-5(9)7(4)3-8/h3H,2H2,1H3. The highest BCUT2D eigenvalue weighted by Crippen LogP contribution is 1.98. The maximum Gasteiger partial charge on any atom is 0.256 e. The van der Waals surface area contributed by atoms with Crippen LogP contribution in [0, 0.1) is 0 Å². The molecule has 0 unspecified atom stereocenters. The number of carbonyl (C=O) groups is 2. The quantitative estimate of drug-likeness (QED) is 0.440. The molecule has 2 amide bonds. The maximum absolute atomic E-state index is 10.6. The summed E-state index contributed by atoms with van der Waals surface area (Å²) in [5.41, 5.74) is 0. The van der Waals surface area contributed by atoms with Crippen molar-refractivity contribution < 1.29 is 9.59 Å². The van der Waals surface area contributed by atoms with Gasteiger partial charge in [0.25, 0.3) is 5.91 Å². The van der Waals surface area contributed by atoms with Gasteiger partial charge in [0.15, 0.2) is 0 Å². The molecule has 0 N–H and O–H groups in total. The van der Waals surface area contributed by atoms with Crippen molar-refractivity contribution in [2.24, 2.45) is 4.99 Å². The van der Waals surface area contributed by atoms with E-state index in [1.165, 1.54) is 0 Å². The fraction of sp³-hybridized carbons (Fsp3) is 0.400. The Labute approximate surface area is 52.2 Å². The monoisotopic (exact) mass is 126 g/mol. The van der Waals surface area contributed by atoms with Gasteiger partial charge in [-0.2, -0.15) is 0 Å². The molecule has 0 saturated heterocycles. The third kappa shape index (κ3) is 0.826. The molecule has 48 valence electrons. The van der Waals surface area contributed by atoms with Gasteiger partial charge in [-0.25, -0.2) is 4.90 Å². The first kappa shape index (κ1) is 5.94. The number of hydrogen-bond acceptors (Lipinski definition) is 3. The van der Waals surface area contributed by atoms with Crippen LogP contribution in [0.15, 0.2) is 4.99 Å². The molecule has 0 bridgehead atoms. The summed E-state index contributed by atoms with van der Waals surface area (Å²) in [7, 11) is 0. The van der Waals surface area contributed by atoms with E-state index >= 15 is 0 Å². The van der Waals surface area contributed by atoms with E-state index in [9.17, 15) is 9.59 Å². The highest BCUT2D eigenvalue weighted by molar-refractivity contribution is 6.10. The summed E-state index contributed by atoms with van der Waals surface area (Å²) < 4.78 is 0. The number of hydrogen-bond donors (Lipinski definition) is 0. The van der Waals surface area contributed by atoms with Gasteiger partial charge < -0.3 is 0 Å². The molecule has 0 spiro atoms. The van der Waals surface area contributed by atoms with Crippen LogP contribution in [0.25, 0.3) is 0 Å². The van der Waals surface area contributed by atoms with Crippen molar-refractivity contribution in [3.8, 4) is 0 Å². The van der Waals surface area contributed by atoms with Gasteiger partial charge >= 0.3 is 0 Å². The van der Waals surface area contributed by atoms with Crippen molar-refractivity contribution in [2.45, 2.75) is 6.92 Å². The molecule has 0 aromatic rings. The molecule has 4 heteroatoms. The Morgan fingerprint density at radius 3 is 2.67 bits per heavy atom. The van der Waals surface area contributed by atoms with Crippen LogP contribution in [-0.4, -0.2) is 29.6 Å². The molecule has 9 heavy (non-hydrogen) atoms. The third-order valence-electron chi connectivity index (χ3n) is 1.17. The second-order valence-corrected chi connectivity index (χ2v) is 1.73. The SMILES string of the molecule is CC1=NCC(=O)N1C=O. The molecule has 0 aromatic heterocycles. The van der Waals surface area contributed by atoms with Crippen molar-refractivity contribution in [2.75, 3.05) is 6.54 Å². The first-order valence-corrected chi connectivity index (χ1v) is 2.54. The summed E-state index contributed by atoms with van der Waals surface area (Å²) in [6.07, 6.45) is 0.480. The lowest BCUT2D eigenvalue weighted by molar-refractivity contribution is -0.131. The molecular formula is C5H6N2O2. The van der Waals surface area contributed by atoms with Crippen molar-refractivity contribution in [1.82, 2.24) is 4.90 Å². The Kier molecular flexibility index (Phi) is 1.30. The fourth-order valence-corrected chi connectivity index (χ4v) is 0.650. The molecule has 0 radical (unpaired) electrons. The Hall–Kier alpha value is -1.19. The average Bonchev–Trinajstić information content (AvgIpc) is 2.12. The number of carbonyl (C=O) groups excluding carboxylic acids is 2. The van der Waals surface area contributed by atoms with Gasteiger partial charge in [-0.15, -0.1) is 0 Å². The molecular weight excluding hydrogens is 120 g/mol. The van der Waals surface area contributed by atoms with Crippen LogP contribution in [-0.2, 0) is 9.59 Å². The number of amidine groups is 1. The van der Waals surface area contributed by atoms with Gasteiger partial charge in [0.1, 0.15) is 12.4 Å². The zero-order valence-electron chi connectivity index (χ0n) is 5.00. The van der Waals surface area contributed by atoms with Crippen LogP contribution in [0.4, 0.5) is 0 Å². The molecule has 0 saturated carbocycles. The van der Waals surface area contributed by atoms with E-state index in [0.717, 1.165) is 4.90 Å². The van der Waals surface area contributed by atoms with Crippen molar-refractivity contribution >= 4 is 18.2 Å². The molecule has 4 nitrogen and oxygen atoms in total. The number of amides is 2. The average molecular weight is 126 g/mol. The van der Waals surface area contributed by atoms with Gasteiger partial charge in [-0.05, 0) is 6.92 Å². The smallest absolute Gasteiger partial charge is 0.256 e. The number of aliphatic imine (C=N–C) groups is 1. The molecule has 1 aliphatic rings. The normalized spacial score (nSPS) is 18.1. The lowest BCUT2D eigenvalue weighted by Crippen LogP contribution is -2.28. The van der Waals surface area contributed by atoms with Gasteiger partial charge in [0.05, 0.1) is 0 Å².